The Kier molecular flexibility index (Phi) is 5.46. The Balaban J connectivity index is 1.73. The quantitative estimate of drug-likeness (QED) is 0.786. The molecular weight excluding hydrogens is 318 g/mol. The van der Waals surface area contributed by atoms with Crippen LogP contribution in [0.25, 0.3) is 0 Å². The van der Waals surface area contributed by atoms with E-state index in [1.54, 1.807) is 23.1 Å². The van der Waals surface area contributed by atoms with Crippen LogP contribution >= 0.6 is 0 Å². The van der Waals surface area contributed by atoms with E-state index >= 15 is 0 Å². The number of aryl methyl sites for hydroxylation is 1. The fraction of sp³-hybridized carbons (Fsp3) is 0.300. The number of hydrogen-bond donors (Lipinski definition) is 0. The summed E-state index contributed by atoms with van der Waals surface area (Å²) < 4.78 is 11.4. The number of rotatable bonds is 5. The second-order valence-corrected chi connectivity index (χ2v) is 6.01. The Morgan fingerprint density at radius 1 is 1.24 bits per heavy atom. The summed E-state index contributed by atoms with van der Waals surface area (Å²) in [7, 11) is 0. The van der Waals surface area contributed by atoms with Gasteiger partial charge in [-0.2, -0.15) is 0 Å². The lowest BCUT2D eigenvalue weighted by molar-refractivity contribution is -0.0151. The second kappa shape index (κ2) is 7.94. The molecule has 1 heterocycles. The lowest BCUT2D eigenvalue weighted by atomic mass is 10.1. The molecule has 5 nitrogen and oxygen atoms in total. The predicted molar refractivity (Wildman–Crippen MR) is 94.1 cm³/mol. The first-order valence-corrected chi connectivity index (χ1v) is 8.32. The van der Waals surface area contributed by atoms with Gasteiger partial charge in [-0.15, -0.1) is 0 Å². The van der Waals surface area contributed by atoms with Crippen LogP contribution in [-0.4, -0.2) is 49.5 Å². The molecule has 0 radical (unpaired) electrons. The minimum absolute atomic E-state index is 0.0302. The fourth-order valence-corrected chi connectivity index (χ4v) is 2.92. The van der Waals surface area contributed by atoms with Crippen molar-refractivity contribution in [3.63, 3.8) is 0 Å². The molecule has 1 atom stereocenters. The standard InChI is InChI=1S/C20H21NO4/c1-15-6-5-9-19(18(15)12-22)25-14-17-13-24-11-10-21(17)20(23)16-7-3-2-4-8-16/h2-9,12,17H,10-11,13-14H2,1H3/t17-/m0/s1. The monoisotopic (exact) mass is 339 g/mol. The maximum atomic E-state index is 12.8. The SMILES string of the molecule is Cc1cccc(OC[C@@H]2COCCN2C(=O)c2ccccc2)c1C=O. The van der Waals surface area contributed by atoms with Crippen LogP contribution in [0.1, 0.15) is 26.3 Å². The zero-order valence-corrected chi connectivity index (χ0v) is 14.2. The van der Waals surface area contributed by atoms with Crippen molar-refractivity contribution >= 4 is 12.2 Å². The number of benzene rings is 2. The van der Waals surface area contributed by atoms with E-state index in [1.165, 1.54) is 0 Å². The third-order valence-corrected chi connectivity index (χ3v) is 4.34. The van der Waals surface area contributed by atoms with Crippen LogP contribution in [0.3, 0.4) is 0 Å². The topological polar surface area (TPSA) is 55.8 Å². The van der Waals surface area contributed by atoms with Gasteiger partial charge in [-0.25, -0.2) is 0 Å². The fourth-order valence-electron chi connectivity index (χ4n) is 2.92. The summed E-state index contributed by atoms with van der Waals surface area (Å²) in [6.07, 6.45) is 0.801. The number of nitrogens with zero attached hydrogens (tertiary/aromatic N) is 1. The van der Waals surface area contributed by atoms with E-state index in [0.29, 0.717) is 36.6 Å². The van der Waals surface area contributed by atoms with E-state index in [2.05, 4.69) is 0 Å². The van der Waals surface area contributed by atoms with Crippen molar-refractivity contribution in [3.05, 3.63) is 65.2 Å². The lowest BCUT2D eigenvalue weighted by Crippen LogP contribution is -2.51. The number of ether oxygens (including phenoxy) is 2. The molecule has 1 fully saturated rings. The highest BCUT2D eigenvalue weighted by Gasteiger charge is 2.28. The first-order valence-electron chi connectivity index (χ1n) is 8.32. The molecule has 1 saturated heterocycles. The summed E-state index contributed by atoms with van der Waals surface area (Å²) in [6.45, 7) is 3.60. The van der Waals surface area contributed by atoms with E-state index in [-0.39, 0.29) is 18.6 Å². The van der Waals surface area contributed by atoms with Crippen LogP contribution in [0.15, 0.2) is 48.5 Å². The smallest absolute Gasteiger partial charge is 0.254 e. The molecule has 0 bridgehead atoms. The van der Waals surface area contributed by atoms with Gasteiger partial charge in [0, 0.05) is 12.1 Å². The van der Waals surface area contributed by atoms with Gasteiger partial charge in [-0.3, -0.25) is 9.59 Å². The molecule has 0 spiro atoms. The van der Waals surface area contributed by atoms with Crippen LogP contribution in [0, 0.1) is 6.92 Å². The van der Waals surface area contributed by atoms with E-state index in [4.69, 9.17) is 9.47 Å². The molecule has 3 rings (SSSR count). The Morgan fingerprint density at radius 2 is 2.04 bits per heavy atom. The third kappa shape index (κ3) is 3.88. The molecule has 25 heavy (non-hydrogen) atoms. The van der Waals surface area contributed by atoms with Crippen molar-refractivity contribution in [3.8, 4) is 5.75 Å². The van der Waals surface area contributed by atoms with Gasteiger partial charge >= 0.3 is 0 Å². The highest BCUT2D eigenvalue weighted by Crippen LogP contribution is 2.21. The van der Waals surface area contributed by atoms with Crippen molar-refractivity contribution in [2.75, 3.05) is 26.4 Å². The molecular formula is C20H21NO4. The highest BCUT2D eigenvalue weighted by atomic mass is 16.5. The van der Waals surface area contributed by atoms with Gasteiger partial charge in [0.25, 0.3) is 5.91 Å². The molecule has 1 amide bonds. The van der Waals surface area contributed by atoms with E-state index in [9.17, 15) is 9.59 Å². The normalized spacial score (nSPS) is 17.2. The maximum absolute atomic E-state index is 12.8. The van der Waals surface area contributed by atoms with Crippen LogP contribution in [-0.2, 0) is 4.74 Å². The first kappa shape index (κ1) is 17.2. The van der Waals surface area contributed by atoms with Crippen molar-refractivity contribution in [1.29, 1.82) is 0 Å². The maximum Gasteiger partial charge on any atom is 0.254 e. The minimum Gasteiger partial charge on any atom is -0.491 e. The molecule has 0 unspecified atom stereocenters. The summed E-state index contributed by atoms with van der Waals surface area (Å²) in [5.74, 6) is 0.505. The van der Waals surface area contributed by atoms with Crippen molar-refractivity contribution in [2.24, 2.45) is 0 Å². The predicted octanol–water partition coefficient (Wildman–Crippen LogP) is 2.73. The van der Waals surface area contributed by atoms with Gasteiger partial charge in [0.2, 0.25) is 0 Å². The van der Waals surface area contributed by atoms with Crippen LogP contribution in [0.5, 0.6) is 5.75 Å². The van der Waals surface area contributed by atoms with Crippen LogP contribution < -0.4 is 4.74 Å². The number of morpholine rings is 1. The molecule has 2 aromatic rings. The number of carbonyl (C=O) groups is 2. The molecule has 1 aliphatic rings. The summed E-state index contributed by atoms with van der Waals surface area (Å²) >= 11 is 0. The first-order chi connectivity index (χ1) is 12.2. The van der Waals surface area contributed by atoms with E-state index in [1.807, 2.05) is 37.3 Å². The van der Waals surface area contributed by atoms with Crippen LogP contribution in [0.2, 0.25) is 0 Å². The Hall–Kier alpha value is -2.66. The van der Waals surface area contributed by atoms with Gasteiger partial charge in [0.15, 0.2) is 6.29 Å². The second-order valence-electron chi connectivity index (χ2n) is 6.01. The Labute approximate surface area is 147 Å². The zero-order valence-electron chi connectivity index (χ0n) is 14.2. The summed E-state index contributed by atoms with van der Waals surface area (Å²) in [5, 5.41) is 0. The van der Waals surface area contributed by atoms with Crippen molar-refractivity contribution < 1.29 is 19.1 Å². The number of aldehydes is 1. The molecule has 1 aliphatic heterocycles. The molecule has 0 aromatic heterocycles. The summed E-state index contributed by atoms with van der Waals surface area (Å²) in [6, 6.07) is 14.5. The summed E-state index contributed by atoms with van der Waals surface area (Å²) in [4.78, 5) is 25.8. The largest absolute Gasteiger partial charge is 0.491 e. The van der Waals surface area contributed by atoms with Gasteiger partial charge in [-0.1, -0.05) is 30.3 Å². The van der Waals surface area contributed by atoms with Crippen molar-refractivity contribution in [2.45, 2.75) is 13.0 Å². The van der Waals surface area contributed by atoms with E-state index < -0.39 is 0 Å². The average Bonchev–Trinajstić information content (AvgIpc) is 2.67. The summed E-state index contributed by atoms with van der Waals surface area (Å²) in [5.41, 5.74) is 2.06. The molecule has 5 heteroatoms. The minimum atomic E-state index is -0.193. The number of carbonyl (C=O) groups excluding carboxylic acids is 2. The van der Waals surface area contributed by atoms with Crippen LogP contribution in [0.4, 0.5) is 0 Å². The molecule has 0 aliphatic carbocycles. The molecule has 2 aromatic carbocycles. The molecule has 0 N–H and O–H groups in total. The third-order valence-electron chi connectivity index (χ3n) is 4.34. The zero-order chi connectivity index (χ0) is 17.6. The molecule has 130 valence electrons. The van der Waals surface area contributed by atoms with Gasteiger partial charge in [0.05, 0.1) is 24.8 Å². The van der Waals surface area contributed by atoms with Crippen molar-refractivity contribution in [1.82, 2.24) is 4.90 Å². The van der Waals surface area contributed by atoms with Gasteiger partial charge in [0.1, 0.15) is 12.4 Å². The lowest BCUT2D eigenvalue weighted by Gasteiger charge is -2.35. The molecule has 0 saturated carbocycles. The van der Waals surface area contributed by atoms with E-state index in [0.717, 1.165) is 11.8 Å². The number of hydrogen-bond acceptors (Lipinski definition) is 4. The Morgan fingerprint density at radius 3 is 2.80 bits per heavy atom. The van der Waals surface area contributed by atoms with Gasteiger partial charge < -0.3 is 14.4 Å². The Bertz CT molecular complexity index is 745. The number of amides is 1. The highest BCUT2D eigenvalue weighted by molar-refractivity contribution is 5.94. The average molecular weight is 339 g/mol. The van der Waals surface area contributed by atoms with Gasteiger partial charge in [-0.05, 0) is 30.7 Å².